The molecule has 0 saturated carbocycles. The first-order chi connectivity index (χ1) is 10.6. The van der Waals surface area contributed by atoms with Crippen LogP contribution in [-0.4, -0.2) is 33.9 Å². The van der Waals surface area contributed by atoms with Gasteiger partial charge in [-0.15, -0.1) is 11.3 Å². The highest BCUT2D eigenvalue weighted by Crippen LogP contribution is 2.30. The Balaban J connectivity index is 2.03. The van der Waals surface area contributed by atoms with Gasteiger partial charge in [0.05, 0.1) is 22.9 Å². The summed E-state index contributed by atoms with van der Waals surface area (Å²) >= 11 is 1.32. The number of aliphatic hydroxyl groups excluding tert-OH is 1. The van der Waals surface area contributed by atoms with Crippen molar-refractivity contribution in [1.29, 1.82) is 0 Å². The van der Waals surface area contributed by atoms with Gasteiger partial charge >= 0.3 is 0 Å². The lowest BCUT2D eigenvalue weighted by atomic mass is 10.3. The van der Waals surface area contributed by atoms with Gasteiger partial charge in [0.2, 0.25) is 0 Å². The van der Waals surface area contributed by atoms with Gasteiger partial charge in [0.1, 0.15) is 10.6 Å². The summed E-state index contributed by atoms with van der Waals surface area (Å²) in [4.78, 5) is 13.4. The largest absolute Gasteiger partial charge is 0.395 e. The van der Waals surface area contributed by atoms with Crippen molar-refractivity contribution < 1.29 is 14.3 Å². The van der Waals surface area contributed by atoms with Gasteiger partial charge in [-0.3, -0.25) is 4.79 Å². The number of nitrogens with one attached hydrogen (secondary N) is 1. The Morgan fingerprint density at radius 2 is 2.14 bits per heavy atom. The van der Waals surface area contributed by atoms with E-state index in [2.05, 4.69) is 10.4 Å². The Kier molecular flexibility index (Phi) is 3.91. The minimum absolute atomic E-state index is 0.0982. The molecule has 7 heteroatoms. The van der Waals surface area contributed by atoms with E-state index in [1.165, 1.54) is 23.5 Å². The normalized spacial score (nSPS) is 11.0. The summed E-state index contributed by atoms with van der Waals surface area (Å²) in [5.74, 6) is -0.528. The fourth-order valence-electron chi connectivity index (χ4n) is 2.17. The Labute approximate surface area is 130 Å². The Bertz CT molecular complexity index is 823. The minimum Gasteiger partial charge on any atom is -0.395 e. The highest BCUT2D eigenvalue weighted by molar-refractivity contribution is 7.20. The van der Waals surface area contributed by atoms with Crippen LogP contribution in [0.3, 0.4) is 0 Å². The lowest BCUT2D eigenvalue weighted by Gasteiger charge is -2.02. The monoisotopic (exact) mass is 319 g/mol. The SMILES string of the molecule is Cc1nn(-c2ccc(F)cc2)c2sc(C(=O)NCCO)cc12. The molecule has 0 unspecified atom stereocenters. The third-order valence-electron chi connectivity index (χ3n) is 3.24. The van der Waals surface area contributed by atoms with E-state index in [0.717, 1.165) is 21.6 Å². The van der Waals surface area contributed by atoms with Crippen molar-refractivity contribution >= 4 is 27.5 Å². The maximum atomic E-state index is 13.0. The van der Waals surface area contributed by atoms with Crippen LogP contribution in [-0.2, 0) is 0 Å². The van der Waals surface area contributed by atoms with Crippen molar-refractivity contribution in [3.05, 3.63) is 46.7 Å². The molecule has 1 amide bonds. The molecule has 3 rings (SSSR count). The van der Waals surface area contributed by atoms with E-state index in [1.807, 2.05) is 6.92 Å². The molecule has 0 aliphatic carbocycles. The molecule has 0 radical (unpaired) electrons. The summed E-state index contributed by atoms with van der Waals surface area (Å²) in [5, 5.41) is 16.7. The van der Waals surface area contributed by atoms with E-state index < -0.39 is 0 Å². The van der Waals surface area contributed by atoms with Gasteiger partial charge < -0.3 is 10.4 Å². The molecular formula is C15H14FN3O2S. The van der Waals surface area contributed by atoms with Gasteiger partial charge in [-0.1, -0.05) is 0 Å². The fourth-order valence-corrected chi connectivity index (χ4v) is 3.27. The van der Waals surface area contributed by atoms with E-state index >= 15 is 0 Å². The van der Waals surface area contributed by atoms with Crippen molar-refractivity contribution in [2.75, 3.05) is 13.2 Å². The number of carbonyl (C=O) groups is 1. The second-order valence-electron chi connectivity index (χ2n) is 4.78. The number of aliphatic hydroxyl groups is 1. The molecule has 22 heavy (non-hydrogen) atoms. The third-order valence-corrected chi connectivity index (χ3v) is 4.35. The van der Waals surface area contributed by atoms with E-state index in [9.17, 15) is 9.18 Å². The first-order valence-electron chi connectivity index (χ1n) is 6.74. The van der Waals surface area contributed by atoms with Crippen LogP contribution in [0.25, 0.3) is 15.9 Å². The zero-order chi connectivity index (χ0) is 15.7. The summed E-state index contributed by atoms with van der Waals surface area (Å²) in [6.07, 6.45) is 0. The first-order valence-corrected chi connectivity index (χ1v) is 7.56. The third kappa shape index (κ3) is 2.60. The second-order valence-corrected chi connectivity index (χ2v) is 5.81. The van der Waals surface area contributed by atoms with Crippen LogP contribution in [0.4, 0.5) is 4.39 Å². The molecule has 114 valence electrons. The Hall–Kier alpha value is -2.25. The maximum absolute atomic E-state index is 13.0. The van der Waals surface area contributed by atoms with Crippen LogP contribution in [0.15, 0.2) is 30.3 Å². The predicted molar refractivity (Wildman–Crippen MR) is 83.1 cm³/mol. The number of amides is 1. The first kappa shape index (κ1) is 14.7. The highest BCUT2D eigenvalue weighted by Gasteiger charge is 2.16. The summed E-state index contributed by atoms with van der Waals surface area (Å²) in [6, 6.07) is 7.83. The average molecular weight is 319 g/mol. The predicted octanol–water partition coefficient (Wildman–Crippen LogP) is 2.26. The molecule has 0 aliphatic heterocycles. The average Bonchev–Trinajstić information content (AvgIpc) is 3.07. The van der Waals surface area contributed by atoms with Crippen LogP contribution in [0.1, 0.15) is 15.4 Å². The molecular weight excluding hydrogens is 305 g/mol. The topological polar surface area (TPSA) is 67.2 Å². The summed E-state index contributed by atoms with van der Waals surface area (Å²) in [7, 11) is 0. The molecule has 2 N–H and O–H groups in total. The standard InChI is InChI=1S/C15H14FN3O2S/c1-9-12-8-13(14(21)17-6-7-20)22-15(12)19(18-9)11-4-2-10(16)3-5-11/h2-5,8,20H,6-7H2,1H3,(H,17,21). The van der Waals surface area contributed by atoms with Crippen molar-refractivity contribution in [2.24, 2.45) is 0 Å². The van der Waals surface area contributed by atoms with Crippen molar-refractivity contribution in [1.82, 2.24) is 15.1 Å². The van der Waals surface area contributed by atoms with Crippen LogP contribution in [0.2, 0.25) is 0 Å². The zero-order valence-electron chi connectivity index (χ0n) is 11.8. The zero-order valence-corrected chi connectivity index (χ0v) is 12.7. The van der Waals surface area contributed by atoms with Gasteiger partial charge in [0.15, 0.2) is 0 Å². The van der Waals surface area contributed by atoms with Gasteiger partial charge in [0, 0.05) is 11.9 Å². The van der Waals surface area contributed by atoms with Crippen LogP contribution >= 0.6 is 11.3 Å². The number of halogens is 1. The molecule has 0 aliphatic rings. The number of fused-ring (bicyclic) bond motifs is 1. The van der Waals surface area contributed by atoms with Crippen LogP contribution < -0.4 is 5.32 Å². The van der Waals surface area contributed by atoms with E-state index in [4.69, 9.17) is 5.11 Å². The number of rotatable bonds is 4. The van der Waals surface area contributed by atoms with Gasteiger partial charge in [-0.2, -0.15) is 5.10 Å². The quantitative estimate of drug-likeness (QED) is 0.775. The summed E-state index contributed by atoms with van der Waals surface area (Å²) in [5.41, 5.74) is 1.54. The van der Waals surface area contributed by atoms with Crippen molar-refractivity contribution in [3.63, 3.8) is 0 Å². The Morgan fingerprint density at radius 3 is 2.82 bits per heavy atom. The lowest BCUT2D eigenvalue weighted by molar-refractivity contribution is 0.0949. The van der Waals surface area contributed by atoms with Crippen molar-refractivity contribution in [2.45, 2.75) is 6.92 Å². The Morgan fingerprint density at radius 1 is 1.41 bits per heavy atom. The second kappa shape index (κ2) is 5.86. The summed E-state index contributed by atoms with van der Waals surface area (Å²) < 4.78 is 14.8. The maximum Gasteiger partial charge on any atom is 0.261 e. The number of benzene rings is 1. The number of hydrogen-bond donors (Lipinski definition) is 2. The van der Waals surface area contributed by atoms with E-state index in [0.29, 0.717) is 4.88 Å². The molecule has 0 atom stereocenters. The molecule has 3 aromatic rings. The summed E-state index contributed by atoms with van der Waals surface area (Å²) in [6.45, 7) is 1.99. The number of thiophene rings is 1. The molecule has 2 heterocycles. The number of hydrogen-bond acceptors (Lipinski definition) is 4. The molecule has 0 saturated heterocycles. The van der Waals surface area contributed by atoms with Crippen molar-refractivity contribution in [3.8, 4) is 5.69 Å². The molecule has 0 bridgehead atoms. The molecule has 5 nitrogen and oxygen atoms in total. The van der Waals surface area contributed by atoms with Gasteiger partial charge in [0.25, 0.3) is 5.91 Å². The lowest BCUT2D eigenvalue weighted by Crippen LogP contribution is -2.25. The smallest absolute Gasteiger partial charge is 0.261 e. The highest BCUT2D eigenvalue weighted by atomic mass is 32.1. The number of aromatic nitrogens is 2. The molecule has 2 aromatic heterocycles. The molecule has 1 aromatic carbocycles. The fraction of sp³-hybridized carbons (Fsp3) is 0.200. The molecule has 0 spiro atoms. The number of aryl methyl sites for hydroxylation is 1. The van der Waals surface area contributed by atoms with E-state index in [1.54, 1.807) is 22.9 Å². The van der Waals surface area contributed by atoms with Gasteiger partial charge in [-0.25, -0.2) is 9.07 Å². The van der Waals surface area contributed by atoms with Crippen LogP contribution in [0.5, 0.6) is 0 Å². The number of carbonyl (C=O) groups excluding carboxylic acids is 1. The van der Waals surface area contributed by atoms with Crippen LogP contribution in [0, 0.1) is 12.7 Å². The number of nitrogens with zero attached hydrogens (tertiary/aromatic N) is 2. The van der Waals surface area contributed by atoms with Gasteiger partial charge in [-0.05, 0) is 37.3 Å². The molecule has 0 fully saturated rings. The van der Waals surface area contributed by atoms with E-state index in [-0.39, 0.29) is 24.9 Å². The minimum atomic E-state index is -0.306.